The van der Waals surface area contributed by atoms with Crippen molar-refractivity contribution in [2.75, 3.05) is 12.9 Å². The van der Waals surface area contributed by atoms with E-state index in [0.29, 0.717) is 17.8 Å². The Morgan fingerprint density at radius 2 is 1.60 bits per heavy atom. The van der Waals surface area contributed by atoms with Crippen molar-refractivity contribution in [1.82, 2.24) is 10.8 Å². The number of carbonyl (C=O) groups excluding carboxylic acids is 2. The summed E-state index contributed by atoms with van der Waals surface area (Å²) in [5.74, 6) is 1.70. The maximum atomic E-state index is 13.4. The Morgan fingerprint density at radius 1 is 0.967 bits per heavy atom. The Kier molecular flexibility index (Phi) is 7.63. The number of rotatable bonds is 5. The predicted octanol–water partition coefficient (Wildman–Crippen LogP) is 3.65. The van der Waals surface area contributed by atoms with E-state index < -0.39 is 0 Å². The second-order valence-corrected chi connectivity index (χ2v) is 10.9. The van der Waals surface area contributed by atoms with E-state index >= 15 is 0 Å². The molecule has 2 saturated heterocycles. The fourth-order valence-corrected chi connectivity index (χ4v) is 7.95. The van der Waals surface area contributed by atoms with Gasteiger partial charge in [0.05, 0.1) is 30.4 Å². The molecule has 4 rings (SSSR count). The van der Waals surface area contributed by atoms with Crippen molar-refractivity contribution in [3.05, 3.63) is 0 Å². The minimum absolute atomic E-state index is 0.0266. The molecular weight excluding hydrogens is 400 g/mol. The molecule has 30 heavy (non-hydrogen) atoms. The molecule has 4 aliphatic rings. The van der Waals surface area contributed by atoms with E-state index in [4.69, 9.17) is 9.57 Å². The van der Waals surface area contributed by atoms with Gasteiger partial charge in [-0.2, -0.15) is 5.48 Å². The van der Waals surface area contributed by atoms with Gasteiger partial charge < -0.3 is 10.1 Å². The fraction of sp³-hybridized carbons (Fsp3) is 0.913. The van der Waals surface area contributed by atoms with E-state index in [2.05, 4.69) is 10.8 Å². The molecule has 2 aliphatic heterocycles. The van der Waals surface area contributed by atoms with Gasteiger partial charge in [-0.05, 0) is 43.3 Å². The number of amides is 1. The summed E-state index contributed by atoms with van der Waals surface area (Å²) in [6, 6.07) is 0.0671. The lowest BCUT2D eigenvalue weighted by molar-refractivity contribution is -0.148. The van der Waals surface area contributed by atoms with Gasteiger partial charge in [-0.15, -0.1) is 11.8 Å². The van der Waals surface area contributed by atoms with Crippen LogP contribution in [0.2, 0.25) is 0 Å². The molecular formula is C23H38N2O4S. The monoisotopic (exact) mass is 438 g/mol. The Bertz CT molecular complexity index is 606. The Morgan fingerprint density at radius 3 is 2.23 bits per heavy atom. The van der Waals surface area contributed by atoms with Crippen LogP contribution in [0.5, 0.6) is 0 Å². The van der Waals surface area contributed by atoms with E-state index in [1.165, 1.54) is 58.5 Å². The zero-order chi connectivity index (χ0) is 21.1. The van der Waals surface area contributed by atoms with E-state index in [1.54, 1.807) is 11.8 Å². The first-order valence-corrected chi connectivity index (χ1v) is 13.1. The third kappa shape index (κ3) is 4.68. The maximum absolute atomic E-state index is 13.4. The molecule has 1 amide bonds. The SMILES string of the molecule is COC(=O)C1C(NC(=O)C2C(C)ONC2C2CCCCC2)SCC1C1CCCCC1. The molecule has 0 aromatic carbocycles. The van der Waals surface area contributed by atoms with Crippen LogP contribution in [-0.4, -0.2) is 42.3 Å². The van der Waals surface area contributed by atoms with Crippen LogP contribution < -0.4 is 10.8 Å². The summed E-state index contributed by atoms with van der Waals surface area (Å²) in [6.45, 7) is 1.98. The topological polar surface area (TPSA) is 76.7 Å². The number of thioether (sulfide) groups is 1. The lowest BCUT2D eigenvalue weighted by Crippen LogP contribution is -2.50. The highest BCUT2D eigenvalue weighted by Gasteiger charge is 2.49. The summed E-state index contributed by atoms with van der Waals surface area (Å²) in [5, 5.41) is 3.06. The number of hydrogen-bond donors (Lipinski definition) is 2. The molecule has 6 unspecified atom stereocenters. The van der Waals surface area contributed by atoms with Gasteiger partial charge in [0.15, 0.2) is 0 Å². The standard InChI is InChI=1S/C23H38N2O4S/c1-14-18(20(25-29-14)16-11-7-4-8-12-16)21(26)24-22-19(23(27)28-2)17(13-30-22)15-9-5-3-6-10-15/h14-20,22,25H,3-13H2,1-2H3,(H,24,26). The number of methoxy groups -OCH3 is 1. The van der Waals surface area contributed by atoms with Gasteiger partial charge in [0.1, 0.15) is 0 Å². The number of hydroxylamine groups is 1. The highest BCUT2D eigenvalue weighted by atomic mass is 32.2. The molecule has 2 saturated carbocycles. The van der Waals surface area contributed by atoms with Crippen molar-refractivity contribution in [2.24, 2.45) is 29.6 Å². The average Bonchev–Trinajstić information content (AvgIpc) is 3.38. The summed E-state index contributed by atoms with van der Waals surface area (Å²) in [6.07, 6.45) is 12.1. The molecule has 170 valence electrons. The smallest absolute Gasteiger partial charge is 0.311 e. The Balaban J connectivity index is 1.44. The zero-order valence-corrected chi connectivity index (χ0v) is 19.3. The van der Waals surface area contributed by atoms with Crippen LogP contribution in [0.15, 0.2) is 0 Å². The Labute approximate surface area is 184 Å². The van der Waals surface area contributed by atoms with E-state index in [-0.39, 0.29) is 41.2 Å². The first kappa shape index (κ1) is 22.4. The van der Waals surface area contributed by atoms with Gasteiger partial charge in [-0.25, -0.2) is 0 Å². The van der Waals surface area contributed by atoms with Crippen LogP contribution in [-0.2, 0) is 19.2 Å². The number of carbonyl (C=O) groups is 2. The summed E-state index contributed by atoms with van der Waals surface area (Å²) in [7, 11) is 1.47. The summed E-state index contributed by atoms with van der Waals surface area (Å²) in [4.78, 5) is 31.9. The molecule has 2 N–H and O–H groups in total. The minimum atomic E-state index is -0.245. The molecule has 6 nitrogen and oxygen atoms in total. The lowest BCUT2D eigenvalue weighted by atomic mass is 9.75. The highest BCUT2D eigenvalue weighted by molar-refractivity contribution is 8.00. The van der Waals surface area contributed by atoms with Crippen LogP contribution >= 0.6 is 11.8 Å². The van der Waals surface area contributed by atoms with Crippen LogP contribution in [0.1, 0.15) is 71.1 Å². The van der Waals surface area contributed by atoms with E-state index in [1.807, 2.05) is 6.92 Å². The van der Waals surface area contributed by atoms with Crippen LogP contribution in [0.4, 0.5) is 0 Å². The van der Waals surface area contributed by atoms with Crippen molar-refractivity contribution in [1.29, 1.82) is 0 Å². The molecule has 0 bridgehead atoms. The second-order valence-electron chi connectivity index (χ2n) is 9.76. The van der Waals surface area contributed by atoms with Gasteiger partial charge in [0, 0.05) is 6.04 Å². The van der Waals surface area contributed by atoms with E-state index in [9.17, 15) is 9.59 Å². The molecule has 6 atom stereocenters. The molecule has 4 fully saturated rings. The van der Waals surface area contributed by atoms with Crippen LogP contribution in [0.3, 0.4) is 0 Å². The van der Waals surface area contributed by atoms with Crippen molar-refractivity contribution in [3.63, 3.8) is 0 Å². The van der Waals surface area contributed by atoms with Crippen LogP contribution in [0, 0.1) is 29.6 Å². The molecule has 2 heterocycles. The third-order valence-electron chi connectivity index (χ3n) is 8.01. The minimum Gasteiger partial charge on any atom is -0.469 e. The van der Waals surface area contributed by atoms with Gasteiger partial charge in [-0.3, -0.25) is 14.4 Å². The van der Waals surface area contributed by atoms with Gasteiger partial charge in [0.25, 0.3) is 0 Å². The van der Waals surface area contributed by atoms with E-state index in [0.717, 1.165) is 18.6 Å². The molecule has 0 aromatic heterocycles. The maximum Gasteiger partial charge on any atom is 0.311 e. The summed E-state index contributed by atoms with van der Waals surface area (Å²) >= 11 is 1.73. The third-order valence-corrected chi connectivity index (χ3v) is 9.36. The zero-order valence-electron chi connectivity index (χ0n) is 18.4. The predicted molar refractivity (Wildman–Crippen MR) is 117 cm³/mol. The summed E-state index contributed by atoms with van der Waals surface area (Å²) in [5.41, 5.74) is 3.18. The highest BCUT2D eigenvalue weighted by Crippen LogP contribution is 2.45. The number of ether oxygens (including phenoxy) is 1. The summed E-state index contributed by atoms with van der Waals surface area (Å²) < 4.78 is 5.19. The number of hydrogen-bond acceptors (Lipinski definition) is 6. The fourth-order valence-electron chi connectivity index (χ4n) is 6.32. The van der Waals surface area contributed by atoms with Gasteiger partial charge in [0.2, 0.25) is 5.91 Å². The van der Waals surface area contributed by atoms with Crippen LogP contribution in [0.25, 0.3) is 0 Å². The molecule has 2 aliphatic carbocycles. The lowest BCUT2D eigenvalue weighted by Gasteiger charge is -2.33. The molecule has 0 aromatic rings. The van der Waals surface area contributed by atoms with Gasteiger partial charge in [-0.1, -0.05) is 51.4 Å². The second kappa shape index (κ2) is 10.2. The average molecular weight is 439 g/mol. The normalized spacial score (nSPS) is 38.5. The quantitative estimate of drug-likeness (QED) is 0.638. The molecule has 0 spiro atoms. The number of esters is 1. The van der Waals surface area contributed by atoms with Crippen molar-refractivity contribution in [3.8, 4) is 0 Å². The first-order valence-electron chi connectivity index (χ1n) is 12.0. The first-order chi connectivity index (χ1) is 14.6. The van der Waals surface area contributed by atoms with Gasteiger partial charge >= 0.3 is 5.97 Å². The number of nitrogens with one attached hydrogen (secondary N) is 2. The largest absolute Gasteiger partial charge is 0.469 e. The van der Waals surface area contributed by atoms with Crippen molar-refractivity contribution >= 4 is 23.6 Å². The van der Waals surface area contributed by atoms with Crippen molar-refractivity contribution < 1.29 is 19.2 Å². The van der Waals surface area contributed by atoms with Crippen molar-refractivity contribution in [2.45, 2.75) is 88.7 Å². The molecule has 0 radical (unpaired) electrons. The Hall–Kier alpha value is -0.790. The molecule has 7 heteroatoms.